The van der Waals surface area contributed by atoms with E-state index in [9.17, 15) is 27.5 Å². The number of fused-ring (bicyclic) bond motifs is 3. The molecule has 0 amide bonds. The number of carbonyl (C=O) groups is 1. The maximum absolute atomic E-state index is 13.5. The molecule has 2 heterocycles. The van der Waals surface area contributed by atoms with E-state index in [4.69, 9.17) is 0 Å². The Morgan fingerprint density at radius 3 is 2.64 bits per heavy atom. The molecule has 1 unspecified atom stereocenters. The Hall–Kier alpha value is -2.83. The first-order chi connectivity index (χ1) is 13.3. The zero-order valence-corrected chi connectivity index (χ0v) is 14.8. The smallest absolute Gasteiger partial charge is 0.416 e. The fraction of sp³-hybridized carbons (Fsp3) is 0.286. The van der Waals surface area contributed by atoms with E-state index in [0.29, 0.717) is 36.4 Å². The first-order valence-corrected chi connectivity index (χ1v) is 8.96. The van der Waals surface area contributed by atoms with Crippen molar-refractivity contribution in [2.45, 2.75) is 37.9 Å². The van der Waals surface area contributed by atoms with Crippen LogP contribution in [0.15, 0.2) is 42.5 Å². The number of aliphatic carboxylic acids is 1. The molecule has 1 aliphatic rings. The van der Waals surface area contributed by atoms with Gasteiger partial charge in [-0.05, 0) is 48.6 Å². The Morgan fingerprint density at radius 2 is 1.93 bits per heavy atom. The normalized spacial score (nSPS) is 16.9. The first kappa shape index (κ1) is 18.5. The van der Waals surface area contributed by atoms with Crippen LogP contribution in [0.5, 0.6) is 0 Å². The number of hydrogen-bond acceptors (Lipinski definition) is 1. The summed E-state index contributed by atoms with van der Waals surface area (Å²) in [4.78, 5) is 11.7. The molecule has 3 nitrogen and oxygen atoms in total. The van der Waals surface area contributed by atoms with Crippen LogP contribution in [0.25, 0.3) is 10.9 Å². The second-order valence-corrected chi connectivity index (χ2v) is 7.03. The van der Waals surface area contributed by atoms with E-state index in [1.165, 1.54) is 0 Å². The molecule has 146 valence electrons. The lowest BCUT2D eigenvalue weighted by molar-refractivity contribution is -0.141. The Morgan fingerprint density at radius 1 is 1.18 bits per heavy atom. The molecule has 0 radical (unpaired) electrons. The fourth-order valence-corrected chi connectivity index (χ4v) is 4.19. The van der Waals surface area contributed by atoms with E-state index in [1.54, 1.807) is 28.8 Å². The van der Waals surface area contributed by atoms with E-state index in [2.05, 4.69) is 0 Å². The maximum atomic E-state index is 13.5. The number of aromatic nitrogens is 1. The third-order valence-electron chi connectivity index (χ3n) is 5.36. The zero-order valence-electron chi connectivity index (χ0n) is 14.8. The molecule has 1 aromatic heterocycles. The average Bonchev–Trinajstić information content (AvgIpc) is 2.96. The highest BCUT2D eigenvalue weighted by Gasteiger charge is 2.35. The van der Waals surface area contributed by atoms with E-state index in [1.807, 2.05) is 0 Å². The second kappa shape index (κ2) is 6.65. The zero-order chi connectivity index (χ0) is 20.1. The molecular weight excluding hydrogens is 374 g/mol. The van der Waals surface area contributed by atoms with Crippen molar-refractivity contribution in [3.8, 4) is 0 Å². The summed E-state index contributed by atoms with van der Waals surface area (Å²) in [5, 5.41) is 10.4. The molecule has 0 spiro atoms. The van der Waals surface area contributed by atoms with Gasteiger partial charge in [0.05, 0.1) is 5.56 Å². The number of hydrogen-bond donors (Lipinski definition) is 1. The first-order valence-electron chi connectivity index (χ1n) is 8.96. The summed E-state index contributed by atoms with van der Waals surface area (Å²) in [7, 11) is 0. The van der Waals surface area contributed by atoms with E-state index < -0.39 is 29.6 Å². The Labute approximate surface area is 158 Å². The SMILES string of the molecule is O=C(O)C1CCCc2c(Cc3ccc(F)cc3C(F)(F)F)c3ccccc3n21. The van der Waals surface area contributed by atoms with Crippen LogP contribution in [0, 0.1) is 5.82 Å². The Bertz CT molecular complexity index is 1070. The molecule has 0 fully saturated rings. The van der Waals surface area contributed by atoms with Gasteiger partial charge >= 0.3 is 12.1 Å². The van der Waals surface area contributed by atoms with Crippen LogP contribution < -0.4 is 0 Å². The number of benzene rings is 2. The predicted molar refractivity (Wildman–Crippen MR) is 95.8 cm³/mol. The average molecular weight is 391 g/mol. The minimum Gasteiger partial charge on any atom is -0.480 e. The summed E-state index contributed by atoms with van der Waals surface area (Å²) in [5.41, 5.74) is 1.11. The number of alkyl halides is 3. The minimum atomic E-state index is -4.67. The van der Waals surface area contributed by atoms with Crippen LogP contribution in [0.3, 0.4) is 0 Å². The summed E-state index contributed by atoms with van der Waals surface area (Å²) in [6.07, 6.45) is -2.99. The highest BCUT2D eigenvalue weighted by Crippen LogP contribution is 2.39. The van der Waals surface area contributed by atoms with Crippen molar-refractivity contribution in [2.75, 3.05) is 0 Å². The number of nitrogens with zero attached hydrogens (tertiary/aromatic N) is 1. The third kappa shape index (κ3) is 3.04. The molecule has 2 aromatic carbocycles. The van der Waals surface area contributed by atoms with Gasteiger partial charge < -0.3 is 9.67 Å². The maximum Gasteiger partial charge on any atom is 0.416 e. The van der Waals surface area contributed by atoms with Gasteiger partial charge in [-0.2, -0.15) is 13.2 Å². The molecule has 1 atom stereocenters. The van der Waals surface area contributed by atoms with Crippen molar-refractivity contribution in [1.82, 2.24) is 4.57 Å². The van der Waals surface area contributed by atoms with Crippen LogP contribution in [-0.2, 0) is 23.8 Å². The Balaban J connectivity index is 1.92. The number of rotatable bonds is 3. The van der Waals surface area contributed by atoms with E-state index in [0.717, 1.165) is 23.2 Å². The van der Waals surface area contributed by atoms with Crippen molar-refractivity contribution in [1.29, 1.82) is 0 Å². The number of carboxylic acid groups (broad SMARTS) is 1. The van der Waals surface area contributed by atoms with E-state index >= 15 is 0 Å². The predicted octanol–water partition coefficient (Wildman–Crippen LogP) is 5.35. The monoisotopic (exact) mass is 391 g/mol. The molecular formula is C21H17F4NO2. The van der Waals surface area contributed by atoms with Gasteiger partial charge in [0.2, 0.25) is 0 Å². The van der Waals surface area contributed by atoms with Gasteiger partial charge in [0.15, 0.2) is 0 Å². The lowest BCUT2D eigenvalue weighted by Gasteiger charge is -2.24. The second-order valence-electron chi connectivity index (χ2n) is 7.03. The van der Waals surface area contributed by atoms with E-state index in [-0.39, 0.29) is 12.0 Å². The van der Waals surface area contributed by atoms with Crippen molar-refractivity contribution in [2.24, 2.45) is 0 Å². The van der Waals surface area contributed by atoms with Gasteiger partial charge in [-0.3, -0.25) is 0 Å². The number of halogens is 4. The summed E-state index contributed by atoms with van der Waals surface area (Å²) >= 11 is 0. The molecule has 3 aromatic rings. The van der Waals surface area contributed by atoms with Gasteiger partial charge in [0, 0.05) is 23.0 Å². The van der Waals surface area contributed by atoms with Crippen molar-refractivity contribution >= 4 is 16.9 Å². The van der Waals surface area contributed by atoms with Crippen LogP contribution in [-0.4, -0.2) is 15.6 Å². The highest BCUT2D eigenvalue weighted by molar-refractivity contribution is 5.88. The van der Waals surface area contributed by atoms with Gasteiger partial charge in [0.1, 0.15) is 11.9 Å². The van der Waals surface area contributed by atoms with Crippen LogP contribution in [0.1, 0.15) is 41.3 Å². The molecule has 7 heteroatoms. The highest BCUT2D eigenvalue weighted by atomic mass is 19.4. The molecule has 28 heavy (non-hydrogen) atoms. The molecule has 1 N–H and O–H groups in total. The largest absolute Gasteiger partial charge is 0.480 e. The van der Waals surface area contributed by atoms with Gasteiger partial charge in [-0.1, -0.05) is 24.3 Å². The molecule has 0 aliphatic carbocycles. The summed E-state index contributed by atoms with van der Waals surface area (Å²) < 4.78 is 55.5. The van der Waals surface area contributed by atoms with Crippen LogP contribution in [0.2, 0.25) is 0 Å². The number of para-hydroxylation sites is 1. The topological polar surface area (TPSA) is 42.2 Å². The van der Waals surface area contributed by atoms with Crippen molar-refractivity contribution in [3.63, 3.8) is 0 Å². The molecule has 1 aliphatic heterocycles. The van der Waals surface area contributed by atoms with Crippen molar-refractivity contribution < 1.29 is 27.5 Å². The quantitative estimate of drug-likeness (QED) is 0.612. The molecule has 0 saturated carbocycles. The van der Waals surface area contributed by atoms with Crippen LogP contribution in [0.4, 0.5) is 17.6 Å². The lowest BCUT2D eigenvalue weighted by atomic mass is 9.94. The fourth-order valence-electron chi connectivity index (χ4n) is 4.19. The van der Waals surface area contributed by atoms with Gasteiger partial charge in [-0.15, -0.1) is 0 Å². The molecule has 0 bridgehead atoms. The summed E-state index contributed by atoms with van der Waals surface area (Å²) in [5.74, 6) is -1.89. The standard InChI is InChI=1S/C21H17F4NO2/c22-13-9-8-12(16(11-13)21(23,24)25)10-15-14-4-1-2-5-17(14)26-18(15)6-3-7-19(26)20(27)28/h1-2,4-5,8-9,11,19H,3,6-7,10H2,(H,27,28). The third-order valence-corrected chi connectivity index (χ3v) is 5.36. The molecule has 4 rings (SSSR count). The summed E-state index contributed by atoms with van der Waals surface area (Å²) in [6.45, 7) is 0. The minimum absolute atomic E-state index is 0.0227. The lowest BCUT2D eigenvalue weighted by Crippen LogP contribution is -2.25. The Kier molecular flexibility index (Phi) is 4.40. The van der Waals surface area contributed by atoms with Gasteiger partial charge in [0.25, 0.3) is 0 Å². The molecule has 0 saturated heterocycles. The van der Waals surface area contributed by atoms with Crippen molar-refractivity contribution in [3.05, 3.63) is 70.7 Å². The van der Waals surface area contributed by atoms with Gasteiger partial charge in [-0.25, -0.2) is 9.18 Å². The number of carboxylic acids is 1. The van der Waals surface area contributed by atoms with Crippen LogP contribution >= 0.6 is 0 Å². The summed E-state index contributed by atoms with van der Waals surface area (Å²) in [6, 6.07) is 9.11.